The van der Waals surface area contributed by atoms with Crippen molar-refractivity contribution in [2.24, 2.45) is 5.92 Å². The second kappa shape index (κ2) is 13.8. The highest BCUT2D eigenvalue weighted by Gasteiger charge is 2.26. The predicted molar refractivity (Wildman–Crippen MR) is 111 cm³/mol. The van der Waals surface area contributed by atoms with Crippen molar-refractivity contribution in [2.45, 2.75) is 64.1 Å². The number of esters is 1. The van der Waals surface area contributed by atoms with Gasteiger partial charge >= 0.3 is 11.9 Å². The van der Waals surface area contributed by atoms with Gasteiger partial charge in [0.25, 0.3) is 0 Å². The Morgan fingerprint density at radius 1 is 1.00 bits per heavy atom. The Kier molecular flexibility index (Phi) is 11.0. The number of aliphatic carboxylic acids is 1. The lowest BCUT2D eigenvalue weighted by atomic mass is 9.88. The highest BCUT2D eigenvalue weighted by molar-refractivity contribution is 5.81. The van der Waals surface area contributed by atoms with Crippen LogP contribution in [0.2, 0.25) is 0 Å². The van der Waals surface area contributed by atoms with Crippen molar-refractivity contribution in [1.82, 2.24) is 0 Å². The summed E-state index contributed by atoms with van der Waals surface area (Å²) < 4.78 is 10.7. The summed E-state index contributed by atoms with van der Waals surface area (Å²) in [5.74, 6) is -0.532. The molecule has 0 amide bonds. The third-order valence-corrected chi connectivity index (χ3v) is 5.09. The molecule has 0 spiro atoms. The molecular formula is C23H32O7. The van der Waals surface area contributed by atoms with Gasteiger partial charge in [0.1, 0.15) is 12.4 Å². The van der Waals surface area contributed by atoms with Crippen LogP contribution in [0, 0.1) is 5.92 Å². The van der Waals surface area contributed by atoms with Gasteiger partial charge in [-0.3, -0.25) is 4.79 Å². The lowest BCUT2D eigenvalue weighted by Crippen LogP contribution is -2.26. The Morgan fingerprint density at radius 2 is 1.67 bits per heavy atom. The van der Waals surface area contributed by atoms with Gasteiger partial charge in [-0.2, -0.15) is 0 Å². The average Bonchev–Trinajstić information content (AvgIpc) is 2.76. The summed E-state index contributed by atoms with van der Waals surface area (Å²) in [6, 6.07) is 7.69. The van der Waals surface area contributed by atoms with Gasteiger partial charge in [0.15, 0.2) is 0 Å². The molecule has 1 fully saturated rings. The molecule has 0 bridgehead atoms. The van der Waals surface area contributed by atoms with Crippen LogP contribution in [0.15, 0.2) is 36.9 Å². The van der Waals surface area contributed by atoms with Crippen molar-refractivity contribution < 1.29 is 33.9 Å². The van der Waals surface area contributed by atoms with E-state index in [0.717, 1.165) is 37.0 Å². The summed E-state index contributed by atoms with van der Waals surface area (Å²) in [5.41, 5.74) is 0.982. The molecule has 1 saturated carbocycles. The van der Waals surface area contributed by atoms with Crippen LogP contribution in [0.3, 0.4) is 0 Å². The minimum atomic E-state index is -0.719. The second-order valence-corrected chi connectivity index (χ2v) is 7.45. The van der Waals surface area contributed by atoms with E-state index >= 15 is 0 Å². The van der Waals surface area contributed by atoms with Crippen LogP contribution >= 0.6 is 0 Å². The Bertz CT molecular complexity index is 648. The maximum absolute atomic E-state index is 11.0. The van der Waals surface area contributed by atoms with E-state index in [0.29, 0.717) is 45.5 Å². The number of hydrogen-bond donors (Lipinski definition) is 1. The summed E-state index contributed by atoms with van der Waals surface area (Å²) in [5, 5.41) is 9.01. The Balaban J connectivity index is 1.50. The van der Waals surface area contributed by atoms with Crippen LogP contribution in [0.25, 0.3) is 0 Å². The third kappa shape index (κ3) is 9.41. The lowest BCUT2D eigenvalue weighted by molar-refractivity contribution is -0.337. The fraction of sp³-hybridized carbons (Fsp3) is 0.565. The fourth-order valence-corrected chi connectivity index (χ4v) is 3.27. The van der Waals surface area contributed by atoms with Crippen LogP contribution in [-0.4, -0.2) is 36.4 Å². The van der Waals surface area contributed by atoms with Crippen LogP contribution in [0.5, 0.6) is 5.75 Å². The van der Waals surface area contributed by atoms with Gasteiger partial charge in [0.05, 0.1) is 25.2 Å². The summed E-state index contributed by atoms with van der Waals surface area (Å²) in [7, 11) is 0. The largest absolute Gasteiger partial charge is 0.494 e. The monoisotopic (exact) mass is 420 g/mol. The van der Waals surface area contributed by atoms with E-state index in [2.05, 4.69) is 6.58 Å². The molecule has 1 aromatic carbocycles. The van der Waals surface area contributed by atoms with Crippen molar-refractivity contribution >= 4 is 11.9 Å². The maximum Gasteiger partial charge on any atom is 0.330 e. The zero-order valence-electron chi connectivity index (χ0n) is 17.4. The van der Waals surface area contributed by atoms with Crippen molar-refractivity contribution in [2.75, 3.05) is 13.2 Å². The number of carbonyl (C=O) groups is 2. The zero-order chi connectivity index (χ0) is 21.6. The molecule has 0 radical (unpaired) electrons. The number of carbonyl (C=O) groups excluding carboxylic acids is 1. The standard InChI is InChI=1S/C23H32O7/c1-2-22(24)28-16-6-4-3-5-15-27-20-11-7-18(8-12-20)17-29-30-21-13-9-19(10-14-21)23(25)26/h2,7-8,11-12,19,21H,1,3-6,9-10,13-17H2,(H,25,26). The molecule has 0 saturated heterocycles. The van der Waals surface area contributed by atoms with Crippen LogP contribution in [0.1, 0.15) is 56.9 Å². The molecular weight excluding hydrogens is 388 g/mol. The molecule has 0 atom stereocenters. The van der Waals surface area contributed by atoms with E-state index < -0.39 is 5.97 Å². The smallest absolute Gasteiger partial charge is 0.330 e. The topological polar surface area (TPSA) is 91.3 Å². The van der Waals surface area contributed by atoms with Crippen LogP contribution < -0.4 is 4.74 Å². The van der Waals surface area contributed by atoms with Crippen molar-refractivity contribution in [3.63, 3.8) is 0 Å². The van der Waals surface area contributed by atoms with Crippen molar-refractivity contribution in [3.05, 3.63) is 42.5 Å². The van der Waals surface area contributed by atoms with Gasteiger partial charge in [-0.1, -0.05) is 18.7 Å². The normalized spacial score (nSPS) is 18.5. The molecule has 0 aliphatic heterocycles. The fourth-order valence-electron chi connectivity index (χ4n) is 3.27. The minimum absolute atomic E-state index is 0.0303. The summed E-state index contributed by atoms with van der Waals surface area (Å²) in [6.07, 6.45) is 7.63. The number of hydrogen-bond acceptors (Lipinski definition) is 6. The molecule has 1 N–H and O–H groups in total. The SMILES string of the molecule is C=CC(=O)OCCCCCCOc1ccc(COOC2CCC(C(=O)O)CC2)cc1. The van der Waals surface area contributed by atoms with Gasteiger partial charge in [-0.05, 0) is 69.1 Å². The number of carboxylic acids is 1. The predicted octanol–water partition coefficient (Wildman–Crippen LogP) is 4.45. The van der Waals surface area contributed by atoms with Gasteiger partial charge < -0.3 is 14.6 Å². The third-order valence-electron chi connectivity index (χ3n) is 5.09. The first-order valence-electron chi connectivity index (χ1n) is 10.6. The molecule has 0 aromatic heterocycles. The molecule has 7 nitrogen and oxygen atoms in total. The highest BCUT2D eigenvalue weighted by Crippen LogP contribution is 2.26. The average molecular weight is 421 g/mol. The van der Waals surface area contributed by atoms with Crippen LogP contribution in [0.4, 0.5) is 0 Å². The number of rotatable bonds is 14. The van der Waals surface area contributed by atoms with E-state index in [1.165, 1.54) is 6.08 Å². The van der Waals surface area contributed by atoms with Gasteiger partial charge in [0, 0.05) is 6.08 Å². The molecule has 0 unspecified atom stereocenters. The number of unbranched alkanes of at least 4 members (excludes halogenated alkanes) is 3. The van der Waals surface area contributed by atoms with Gasteiger partial charge in [-0.15, -0.1) is 0 Å². The molecule has 30 heavy (non-hydrogen) atoms. The summed E-state index contributed by atoms with van der Waals surface area (Å²) in [4.78, 5) is 32.6. The maximum atomic E-state index is 11.0. The lowest BCUT2D eigenvalue weighted by Gasteiger charge is -2.24. The molecule has 166 valence electrons. The van der Waals surface area contributed by atoms with E-state index in [4.69, 9.17) is 24.4 Å². The minimum Gasteiger partial charge on any atom is -0.494 e. The second-order valence-electron chi connectivity index (χ2n) is 7.45. The van der Waals surface area contributed by atoms with Crippen molar-refractivity contribution in [3.8, 4) is 5.75 Å². The van der Waals surface area contributed by atoms with Crippen molar-refractivity contribution in [1.29, 1.82) is 0 Å². The molecule has 1 aliphatic carbocycles. The summed E-state index contributed by atoms with van der Waals surface area (Å²) in [6.45, 7) is 4.77. The first kappa shape index (κ1) is 23.9. The molecule has 0 heterocycles. The summed E-state index contributed by atoms with van der Waals surface area (Å²) >= 11 is 0. The molecule has 1 aromatic rings. The van der Waals surface area contributed by atoms with Crippen LogP contribution in [-0.2, 0) is 30.7 Å². The van der Waals surface area contributed by atoms with E-state index in [-0.39, 0.29) is 18.0 Å². The number of benzene rings is 1. The van der Waals surface area contributed by atoms with E-state index in [1.54, 1.807) is 0 Å². The Labute approximate surface area is 177 Å². The molecule has 1 aliphatic rings. The van der Waals surface area contributed by atoms with Gasteiger partial charge in [-0.25, -0.2) is 14.6 Å². The Hall–Kier alpha value is -2.38. The van der Waals surface area contributed by atoms with Gasteiger partial charge in [0.2, 0.25) is 0 Å². The zero-order valence-corrected chi connectivity index (χ0v) is 17.4. The highest BCUT2D eigenvalue weighted by atomic mass is 17.2. The quantitative estimate of drug-likeness (QED) is 0.156. The number of ether oxygens (including phenoxy) is 2. The number of carboxylic acid groups (broad SMARTS) is 1. The molecule has 2 rings (SSSR count). The van der Waals surface area contributed by atoms with E-state index in [9.17, 15) is 9.59 Å². The first-order chi connectivity index (χ1) is 14.6. The molecule has 7 heteroatoms. The Morgan fingerprint density at radius 3 is 2.30 bits per heavy atom. The first-order valence-corrected chi connectivity index (χ1v) is 10.6. The van der Waals surface area contributed by atoms with E-state index in [1.807, 2.05) is 24.3 Å².